The molecule has 0 saturated heterocycles. The molecule has 0 atom stereocenters. The van der Waals surface area contributed by atoms with E-state index >= 15 is 0 Å². The van der Waals surface area contributed by atoms with Gasteiger partial charge in [0.15, 0.2) is 5.58 Å². The van der Waals surface area contributed by atoms with Crippen LogP contribution in [0.15, 0.2) is 259 Å². The van der Waals surface area contributed by atoms with Crippen molar-refractivity contribution >= 4 is 55.8 Å². The first-order chi connectivity index (χ1) is 39.6. The highest BCUT2D eigenvalue weighted by Gasteiger charge is 2.33. The second kappa shape index (κ2) is 18.3. The summed E-state index contributed by atoms with van der Waals surface area (Å²) in [6.07, 6.45) is 3.29. The number of benzene rings is 11. The number of rotatable bonds is 9. The average molecular weight is 1020 g/mol. The molecule has 6 heteroatoms. The van der Waals surface area contributed by atoms with Crippen LogP contribution < -0.4 is 0 Å². The molecule has 1 aliphatic carbocycles. The molecule has 15 aromatic rings. The summed E-state index contributed by atoms with van der Waals surface area (Å²) < 4.78 is 25.0. The number of fused-ring (bicyclic) bond motifs is 10. The molecular weight excluding hydrogens is 963 g/mol. The minimum atomic E-state index is -0.983. The van der Waals surface area contributed by atoms with Crippen molar-refractivity contribution in [2.75, 3.05) is 0 Å². The minimum absolute atomic E-state index is 0.510. The molecule has 4 aromatic heterocycles. The summed E-state index contributed by atoms with van der Waals surface area (Å²) in [5.41, 5.74) is 24.6. The number of hydrogen-bond acceptors (Lipinski definition) is 3. The molecule has 0 bridgehead atoms. The molecule has 16 rings (SSSR count). The van der Waals surface area contributed by atoms with Crippen molar-refractivity contribution in [3.63, 3.8) is 0 Å². The van der Waals surface area contributed by atoms with Gasteiger partial charge in [0.25, 0.3) is 0 Å². The minimum Gasteiger partial charge on any atom is -0.422 e. The van der Waals surface area contributed by atoms with Crippen LogP contribution in [0, 0.1) is 0 Å². The first-order valence-corrected chi connectivity index (χ1v) is 27.5. The van der Waals surface area contributed by atoms with Crippen molar-refractivity contribution in [2.45, 2.75) is 31.6 Å². The molecular formula is C73H51N5O. The van der Waals surface area contributed by atoms with Gasteiger partial charge in [-0.25, -0.2) is 4.98 Å². The quantitative estimate of drug-likeness (QED) is 0.145. The maximum absolute atomic E-state index is 10.9. The summed E-state index contributed by atoms with van der Waals surface area (Å²) >= 11 is 0. The number of nitrogens with zero attached hydrogens (tertiary/aromatic N) is 5. The van der Waals surface area contributed by atoms with E-state index < -0.39 is 5.89 Å². The Labute approximate surface area is 458 Å². The zero-order valence-electron chi connectivity index (χ0n) is 44.2. The zero-order valence-corrected chi connectivity index (χ0v) is 43.2. The van der Waals surface area contributed by atoms with Crippen LogP contribution in [-0.4, -0.2) is 23.3 Å². The summed E-state index contributed by atoms with van der Waals surface area (Å²) in [5, 5.41) is 0. The molecule has 0 N–H and O–H groups in total. The summed E-state index contributed by atoms with van der Waals surface area (Å²) in [6, 6.07) is 91.4. The van der Waals surface area contributed by atoms with Gasteiger partial charge in [0, 0.05) is 6.93 Å². The molecule has 0 unspecified atom stereocenters. The van der Waals surface area contributed by atoms with Crippen molar-refractivity contribution in [1.82, 2.24) is 23.3 Å². The van der Waals surface area contributed by atoms with E-state index in [4.69, 9.17) is 14.4 Å². The lowest BCUT2D eigenvalue weighted by atomic mass is 9.74. The lowest BCUT2D eigenvalue weighted by Crippen LogP contribution is -2.07. The summed E-state index contributed by atoms with van der Waals surface area (Å²) in [7, 11) is 0. The molecule has 374 valence electrons. The predicted molar refractivity (Wildman–Crippen MR) is 325 cm³/mol. The fraction of sp³-hybridized carbons (Fsp3) is 0.0685. The van der Waals surface area contributed by atoms with Crippen LogP contribution in [0.3, 0.4) is 0 Å². The highest BCUT2D eigenvalue weighted by atomic mass is 16.4. The molecule has 1 aliphatic rings. The van der Waals surface area contributed by atoms with Gasteiger partial charge in [-0.1, -0.05) is 219 Å². The zero-order chi connectivity index (χ0) is 52.9. The number of imidazole rings is 3. The van der Waals surface area contributed by atoms with Crippen molar-refractivity contribution in [3.05, 3.63) is 260 Å². The van der Waals surface area contributed by atoms with E-state index in [1.165, 1.54) is 0 Å². The van der Waals surface area contributed by atoms with Crippen LogP contribution in [-0.2, 0) is 0 Å². The first-order valence-electron chi connectivity index (χ1n) is 28.0. The summed E-state index contributed by atoms with van der Waals surface area (Å²) in [6.45, 7) is 0. The van der Waals surface area contributed by atoms with Crippen LogP contribution in [0.5, 0.6) is 0 Å². The van der Waals surface area contributed by atoms with E-state index in [0.717, 1.165) is 146 Å². The van der Waals surface area contributed by atoms with Crippen LogP contribution in [0.25, 0.3) is 139 Å². The predicted octanol–water partition coefficient (Wildman–Crippen LogP) is 19.3. The lowest BCUT2D eigenvalue weighted by molar-refractivity contribution is 0.641. The summed E-state index contributed by atoms with van der Waals surface area (Å²) in [5.74, 6) is 0.323. The maximum atomic E-state index is 10.9. The van der Waals surface area contributed by atoms with Crippen molar-refractivity contribution in [1.29, 1.82) is 0 Å². The molecule has 0 aliphatic heterocycles. The third kappa shape index (κ3) is 7.11. The van der Waals surface area contributed by atoms with Gasteiger partial charge in [-0.3, -0.25) is 13.4 Å². The largest absolute Gasteiger partial charge is 0.422 e. The fourth-order valence-electron chi connectivity index (χ4n) is 13.1. The Morgan fingerprint density at radius 1 is 0.354 bits per heavy atom. The molecule has 0 amide bonds. The number of hydrogen-bond donors (Lipinski definition) is 0. The van der Waals surface area contributed by atoms with Crippen molar-refractivity contribution in [3.8, 4) is 83.6 Å². The Morgan fingerprint density at radius 2 is 0.747 bits per heavy atom. The second-order valence-electron chi connectivity index (χ2n) is 20.8. The van der Waals surface area contributed by atoms with E-state index in [9.17, 15) is 1.37 Å². The molecule has 4 heterocycles. The fourth-order valence-corrected chi connectivity index (χ4v) is 13.1. The van der Waals surface area contributed by atoms with E-state index in [0.29, 0.717) is 24.3 Å². The Hall–Kier alpha value is -10.0. The highest BCUT2D eigenvalue weighted by molar-refractivity contribution is 6.15. The third-order valence-electron chi connectivity index (χ3n) is 16.4. The second-order valence-corrected chi connectivity index (χ2v) is 20.8. The SMILES string of the molecule is [2H]C1(c2c(-n3c4ccccc4n4c5ccccc5nc34)cc3c(oc4nc5ccccc5n43)c2-c2cccc(-c3c(-c4ccccc4)c(-c4ccccc4)c(-c4ccccc4)c(-c4ccccc4)c3-c3ccccc3)c2)CCCC1. The van der Waals surface area contributed by atoms with Crippen LogP contribution >= 0.6 is 0 Å². The van der Waals surface area contributed by atoms with Crippen LogP contribution in [0.4, 0.5) is 0 Å². The summed E-state index contributed by atoms with van der Waals surface area (Å²) in [4.78, 5) is 10.6. The first kappa shape index (κ1) is 44.1. The van der Waals surface area contributed by atoms with Crippen molar-refractivity contribution < 1.29 is 5.79 Å². The van der Waals surface area contributed by atoms with Gasteiger partial charge < -0.3 is 4.42 Å². The van der Waals surface area contributed by atoms with Crippen LogP contribution in [0.1, 0.15) is 38.5 Å². The molecule has 6 nitrogen and oxygen atoms in total. The van der Waals surface area contributed by atoms with E-state index in [1.807, 2.05) is 12.1 Å². The van der Waals surface area contributed by atoms with E-state index in [2.05, 4.69) is 256 Å². The van der Waals surface area contributed by atoms with E-state index in [-0.39, 0.29) is 0 Å². The molecule has 79 heavy (non-hydrogen) atoms. The smallest absolute Gasteiger partial charge is 0.307 e. The Balaban J connectivity index is 1.10. The van der Waals surface area contributed by atoms with E-state index in [1.54, 1.807) is 0 Å². The molecule has 11 aromatic carbocycles. The van der Waals surface area contributed by atoms with Gasteiger partial charge in [-0.05, 0) is 145 Å². The number of para-hydroxylation sites is 6. The van der Waals surface area contributed by atoms with Gasteiger partial charge in [0.05, 0.1) is 44.3 Å². The van der Waals surface area contributed by atoms with Gasteiger partial charge in [0.1, 0.15) is 0 Å². The Bertz CT molecular complexity index is 4770. The highest BCUT2D eigenvalue weighted by Crippen LogP contribution is 2.57. The monoisotopic (exact) mass is 1010 g/mol. The number of oxazole rings is 1. The van der Waals surface area contributed by atoms with Crippen molar-refractivity contribution in [2.24, 2.45) is 0 Å². The normalized spacial score (nSPS) is 13.6. The molecule has 0 spiro atoms. The van der Waals surface area contributed by atoms with Gasteiger partial charge >= 0.3 is 5.84 Å². The average Bonchev–Trinajstić information content (AvgIpc) is 4.24. The Kier molecular flexibility index (Phi) is 10.2. The molecule has 0 radical (unpaired) electrons. The lowest BCUT2D eigenvalue weighted by Gasteiger charge is -2.29. The topological polar surface area (TPSA) is 52.7 Å². The van der Waals surface area contributed by atoms with Gasteiger partial charge in [0.2, 0.25) is 5.78 Å². The Morgan fingerprint density at radius 3 is 1.25 bits per heavy atom. The maximum Gasteiger partial charge on any atom is 0.307 e. The van der Waals surface area contributed by atoms with Crippen LogP contribution in [0.2, 0.25) is 0 Å². The molecule has 1 saturated carbocycles. The third-order valence-corrected chi connectivity index (χ3v) is 16.4. The molecule has 1 fully saturated rings. The van der Waals surface area contributed by atoms with Gasteiger partial charge in [-0.15, -0.1) is 0 Å². The number of aromatic nitrogens is 5. The van der Waals surface area contributed by atoms with Gasteiger partial charge in [-0.2, -0.15) is 4.98 Å². The standard InChI is InChI=1S/C73H51N5O/c1-6-25-48(26-7-1)64-65(49-27-8-2-9-28-49)67(51-31-12-4-13-32-51)69(68(52-33-14-5-15-34-52)66(64)50-29-10-3-11-30-50)53-37-24-38-54(45-53)70-63(47-35-16-17-36-47)61(46-62-71(70)79-73-75-56-40-19-21-42-58(56)78(62)73)77-60-44-23-22-43-59(60)76-57-41-20-18-39-55(57)74-72(76)77/h1-15,18-34,37-47H,16-17,35-36H2/i47D.